The Morgan fingerprint density at radius 3 is 2.37 bits per heavy atom. The lowest BCUT2D eigenvalue weighted by Crippen LogP contribution is -2.58. The number of anilines is 1. The number of aliphatic hydroxyl groups excluding tert-OH is 2. The van der Waals surface area contributed by atoms with Crippen LogP contribution in [-0.4, -0.2) is 56.7 Å². The van der Waals surface area contributed by atoms with Gasteiger partial charge in [0.15, 0.2) is 11.4 Å². The van der Waals surface area contributed by atoms with Crippen molar-refractivity contribution in [3.63, 3.8) is 0 Å². The Labute approximate surface area is 215 Å². The average molecular weight is 520 g/mol. The molecule has 5 rings (SSSR count). The number of ether oxygens (including phenoxy) is 1. The topological polar surface area (TPSA) is 196 Å². The number of aliphatic hydroxyl groups is 3. The summed E-state index contributed by atoms with van der Waals surface area (Å²) in [6, 6.07) is 9.78. The molecule has 7 N–H and O–H groups in total. The first-order chi connectivity index (χ1) is 18.0. The van der Waals surface area contributed by atoms with Gasteiger partial charge in [0.1, 0.15) is 22.8 Å². The Balaban J connectivity index is 1.61. The van der Waals surface area contributed by atoms with Gasteiger partial charge in [-0.25, -0.2) is 4.79 Å². The summed E-state index contributed by atoms with van der Waals surface area (Å²) in [7, 11) is 1.25. The zero-order valence-electron chi connectivity index (χ0n) is 20.1. The summed E-state index contributed by atoms with van der Waals surface area (Å²) in [5.74, 6) is -6.74. The summed E-state index contributed by atoms with van der Waals surface area (Å²) in [5.41, 5.74) is 3.96. The highest BCUT2D eigenvalue weighted by Gasteiger charge is 2.60. The number of phenolic OH excluding ortho intramolecular Hbond substituents is 1. The van der Waals surface area contributed by atoms with E-state index in [1.807, 2.05) is 0 Å². The molecule has 11 nitrogen and oxygen atoms in total. The molecule has 0 saturated heterocycles. The van der Waals surface area contributed by atoms with E-state index in [-0.39, 0.29) is 36.1 Å². The third kappa shape index (κ3) is 3.54. The van der Waals surface area contributed by atoms with Gasteiger partial charge in [0.25, 0.3) is 5.91 Å². The first-order valence-electron chi connectivity index (χ1n) is 11.8. The number of carbonyl (C=O) groups is 4. The van der Waals surface area contributed by atoms with Crippen molar-refractivity contribution in [3.05, 3.63) is 64.4 Å². The fourth-order valence-electron chi connectivity index (χ4n) is 5.79. The normalized spacial score (nSPS) is 24.4. The zero-order chi connectivity index (χ0) is 27.5. The fraction of sp³-hybridized carbons (Fsp3) is 0.259. The SMILES string of the molecule is COC(=O)Nc1ccc(-c2ccc(O)c3c2C[C@H]2C[C@H]4CC(=O)C(C(N)=O)=C(O)[C@@]4(O)C(=O)C2=C3O)cc1. The number of rotatable bonds is 3. The Morgan fingerprint density at radius 2 is 1.74 bits per heavy atom. The largest absolute Gasteiger partial charge is 0.508 e. The molecule has 0 heterocycles. The number of aromatic hydroxyl groups is 1. The minimum atomic E-state index is -2.61. The van der Waals surface area contributed by atoms with Gasteiger partial charge in [-0.3, -0.25) is 19.7 Å². The van der Waals surface area contributed by atoms with Gasteiger partial charge in [-0.15, -0.1) is 0 Å². The number of primary amides is 1. The molecule has 1 fully saturated rings. The standard InChI is InChI=1S/C27H24N2O9/c1-38-26(36)29-14-4-2-11(3-5-14)15-6-7-17(30)20-16(15)9-12-8-13-10-18(31)21(25(28)35)24(34)27(13,37)23(33)19(12)22(20)32/h2-7,12-13,30,32,34,37H,8-10H2,1H3,(H2,28,35)(H,29,36)/t12-,13+,27+/m1/s1. The second kappa shape index (κ2) is 8.73. The lowest BCUT2D eigenvalue weighted by Gasteiger charge is -2.46. The van der Waals surface area contributed by atoms with Crippen LogP contribution in [0.2, 0.25) is 0 Å². The molecule has 3 aliphatic carbocycles. The van der Waals surface area contributed by atoms with Gasteiger partial charge in [-0.1, -0.05) is 18.2 Å². The quantitative estimate of drug-likeness (QED) is 0.329. The molecule has 11 heteroatoms. The van der Waals surface area contributed by atoms with E-state index in [9.17, 15) is 39.6 Å². The van der Waals surface area contributed by atoms with E-state index in [0.29, 0.717) is 22.4 Å². The number of Topliss-reactive ketones (excluding diaryl/α,β-unsaturated/α-hetero) is 2. The lowest BCUT2D eigenvalue weighted by atomic mass is 9.59. The minimum Gasteiger partial charge on any atom is -0.508 e. The number of hydrogen-bond acceptors (Lipinski definition) is 9. The van der Waals surface area contributed by atoms with Gasteiger partial charge < -0.3 is 30.9 Å². The van der Waals surface area contributed by atoms with E-state index in [2.05, 4.69) is 10.1 Å². The predicted molar refractivity (Wildman–Crippen MR) is 133 cm³/mol. The van der Waals surface area contributed by atoms with E-state index in [1.165, 1.54) is 13.2 Å². The number of carbonyl (C=O) groups excluding carboxylic acids is 4. The monoisotopic (exact) mass is 520 g/mol. The number of hydrogen-bond donors (Lipinski definition) is 6. The van der Waals surface area contributed by atoms with Crippen molar-refractivity contribution in [2.45, 2.75) is 24.9 Å². The molecule has 2 aromatic carbocycles. The molecule has 2 aromatic rings. The molecule has 38 heavy (non-hydrogen) atoms. The van der Waals surface area contributed by atoms with Gasteiger partial charge in [-0.2, -0.15) is 0 Å². The van der Waals surface area contributed by atoms with Crippen LogP contribution in [0.5, 0.6) is 5.75 Å². The maximum absolute atomic E-state index is 13.6. The van der Waals surface area contributed by atoms with E-state index < -0.39 is 58.1 Å². The number of methoxy groups -OCH3 is 1. The summed E-state index contributed by atoms with van der Waals surface area (Å²) < 4.78 is 4.58. The molecule has 3 aliphatic rings. The Morgan fingerprint density at radius 1 is 1.05 bits per heavy atom. The second-order valence-corrected chi connectivity index (χ2v) is 9.59. The maximum atomic E-state index is 13.6. The molecule has 0 unspecified atom stereocenters. The van der Waals surface area contributed by atoms with Gasteiger partial charge in [-0.05, 0) is 53.6 Å². The number of nitrogens with one attached hydrogen (secondary N) is 1. The molecule has 0 aromatic heterocycles. The summed E-state index contributed by atoms with van der Waals surface area (Å²) in [6.45, 7) is 0. The number of ketones is 2. The fourth-order valence-corrected chi connectivity index (χ4v) is 5.79. The number of phenols is 1. The predicted octanol–water partition coefficient (Wildman–Crippen LogP) is 2.27. The molecule has 2 amide bonds. The van der Waals surface area contributed by atoms with E-state index in [4.69, 9.17) is 5.73 Å². The smallest absolute Gasteiger partial charge is 0.411 e. The Kier molecular flexibility index (Phi) is 5.75. The van der Waals surface area contributed by atoms with Crippen molar-refractivity contribution in [1.29, 1.82) is 0 Å². The molecule has 1 saturated carbocycles. The number of amides is 2. The highest BCUT2D eigenvalue weighted by atomic mass is 16.5. The van der Waals surface area contributed by atoms with E-state index in [0.717, 1.165) is 0 Å². The third-order valence-electron chi connectivity index (χ3n) is 7.57. The molecule has 0 spiro atoms. The van der Waals surface area contributed by atoms with Crippen LogP contribution in [0.1, 0.15) is 24.0 Å². The number of benzene rings is 2. The zero-order valence-corrected chi connectivity index (χ0v) is 20.1. The highest BCUT2D eigenvalue weighted by Crippen LogP contribution is 2.53. The van der Waals surface area contributed by atoms with Crippen LogP contribution in [-0.2, 0) is 25.5 Å². The van der Waals surface area contributed by atoms with Gasteiger partial charge in [0.05, 0.1) is 12.7 Å². The van der Waals surface area contributed by atoms with Crippen LogP contribution in [0, 0.1) is 11.8 Å². The van der Waals surface area contributed by atoms with Crippen LogP contribution in [0.25, 0.3) is 16.9 Å². The minimum absolute atomic E-state index is 0.00592. The van der Waals surface area contributed by atoms with Crippen molar-refractivity contribution in [3.8, 4) is 16.9 Å². The Hall–Kier alpha value is -4.64. The summed E-state index contributed by atoms with van der Waals surface area (Å²) >= 11 is 0. The van der Waals surface area contributed by atoms with Crippen molar-refractivity contribution < 1.29 is 44.3 Å². The number of nitrogens with two attached hydrogens (primary N) is 1. The first-order valence-corrected chi connectivity index (χ1v) is 11.8. The van der Waals surface area contributed by atoms with Crippen LogP contribution >= 0.6 is 0 Å². The van der Waals surface area contributed by atoms with Crippen LogP contribution < -0.4 is 11.1 Å². The number of fused-ring (bicyclic) bond motifs is 3. The van der Waals surface area contributed by atoms with E-state index in [1.54, 1.807) is 30.3 Å². The molecule has 3 atom stereocenters. The molecular weight excluding hydrogens is 496 g/mol. The van der Waals surface area contributed by atoms with Gasteiger partial charge in [0, 0.05) is 23.6 Å². The Bertz CT molecular complexity index is 1490. The first kappa shape index (κ1) is 25.0. The van der Waals surface area contributed by atoms with Crippen LogP contribution in [0.4, 0.5) is 10.5 Å². The average Bonchev–Trinajstić information content (AvgIpc) is 2.86. The molecule has 196 valence electrons. The molecule has 0 bridgehead atoms. The third-order valence-corrected chi connectivity index (χ3v) is 7.57. The highest BCUT2D eigenvalue weighted by molar-refractivity contribution is 6.22. The maximum Gasteiger partial charge on any atom is 0.411 e. The van der Waals surface area contributed by atoms with Crippen molar-refractivity contribution >= 4 is 35.0 Å². The summed E-state index contributed by atoms with van der Waals surface area (Å²) in [5, 5.41) is 46.4. The molecular formula is C27H24N2O9. The second-order valence-electron chi connectivity index (χ2n) is 9.59. The van der Waals surface area contributed by atoms with Crippen LogP contribution in [0.15, 0.2) is 53.3 Å². The van der Waals surface area contributed by atoms with Crippen molar-refractivity contribution in [2.24, 2.45) is 17.6 Å². The molecule has 0 aliphatic heterocycles. The lowest BCUT2D eigenvalue weighted by molar-refractivity contribution is -0.147. The van der Waals surface area contributed by atoms with Crippen molar-refractivity contribution in [1.82, 2.24) is 0 Å². The molecule has 0 radical (unpaired) electrons. The van der Waals surface area contributed by atoms with Crippen molar-refractivity contribution in [2.75, 3.05) is 12.4 Å². The summed E-state index contributed by atoms with van der Waals surface area (Å²) in [4.78, 5) is 49.3. The van der Waals surface area contributed by atoms with Gasteiger partial charge >= 0.3 is 6.09 Å². The summed E-state index contributed by atoms with van der Waals surface area (Å²) in [6.07, 6.45) is -0.793. The van der Waals surface area contributed by atoms with Crippen LogP contribution in [0.3, 0.4) is 0 Å². The van der Waals surface area contributed by atoms with E-state index >= 15 is 0 Å². The van der Waals surface area contributed by atoms with Gasteiger partial charge in [0.2, 0.25) is 5.78 Å².